The molecular formula is C25H25N3O3. The molecule has 6 heteroatoms. The lowest BCUT2D eigenvalue weighted by Gasteiger charge is -2.19. The van der Waals surface area contributed by atoms with Crippen molar-refractivity contribution in [2.45, 2.75) is 13.8 Å². The minimum atomic E-state index is -0.185. The van der Waals surface area contributed by atoms with E-state index in [4.69, 9.17) is 4.74 Å². The van der Waals surface area contributed by atoms with Crippen LogP contribution in [-0.4, -0.2) is 46.1 Å². The van der Waals surface area contributed by atoms with Gasteiger partial charge in [-0.3, -0.25) is 4.79 Å². The van der Waals surface area contributed by atoms with Crippen molar-refractivity contribution in [3.8, 4) is 33.8 Å². The van der Waals surface area contributed by atoms with E-state index in [2.05, 4.69) is 9.97 Å². The Morgan fingerprint density at radius 3 is 2.58 bits per heavy atom. The zero-order valence-corrected chi connectivity index (χ0v) is 17.8. The first-order chi connectivity index (χ1) is 15.1. The van der Waals surface area contributed by atoms with Gasteiger partial charge in [-0.05, 0) is 43.7 Å². The molecule has 4 aromatic rings. The predicted molar refractivity (Wildman–Crippen MR) is 122 cm³/mol. The van der Waals surface area contributed by atoms with E-state index in [0.29, 0.717) is 18.7 Å². The molecule has 0 saturated heterocycles. The summed E-state index contributed by atoms with van der Waals surface area (Å²) in [6.07, 6.45) is 3.69. The van der Waals surface area contributed by atoms with Gasteiger partial charge in [-0.15, -0.1) is 0 Å². The first-order valence-corrected chi connectivity index (χ1v) is 10.3. The molecule has 4 rings (SSSR count). The highest BCUT2D eigenvalue weighted by molar-refractivity contribution is 6.00. The van der Waals surface area contributed by atoms with Crippen molar-refractivity contribution < 1.29 is 14.6 Å². The first-order valence-electron chi connectivity index (χ1n) is 10.3. The van der Waals surface area contributed by atoms with E-state index in [-0.39, 0.29) is 11.7 Å². The van der Waals surface area contributed by atoms with Gasteiger partial charge in [0.05, 0.1) is 12.7 Å². The van der Waals surface area contributed by atoms with Crippen LogP contribution in [0.1, 0.15) is 24.2 Å². The van der Waals surface area contributed by atoms with Gasteiger partial charge >= 0.3 is 0 Å². The molecule has 0 aliphatic heterocycles. The number of nitrogens with one attached hydrogen (secondary N) is 1. The molecular weight excluding hydrogens is 390 g/mol. The standard InChI is InChI=1S/C25H25N3O3/c1-4-28(5-2)25(30)20-12-16(10-11-22(20)29)17-13-19-21(15-27-24(19)26-14-17)18-8-6-7-9-23(18)31-3/h6-15,29H,4-5H2,1-3H3,(H,26,27). The maximum atomic E-state index is 12.8. The van der Waals surface area contributed by atoms with Crippen molar-refractivity contribution in [3.05, 3.63) is 66.5 Å². The molecule has 0 spiro atoms. The topological polar surface area (TPSA) is 78.5 Å². The van der Waals surface area contributed by atoms with Crippen LogP contribution in [0.15, 0.2) is 60.9 Å². The van der Waals surface area contributed by atoms with E-state index in [1.807, 2.05) is 50.4 Å². The molecule has 31 heavy (non-hydrogen) atoms. The molecule has 0 aliphatic rings. The molecule has 2 N–H and O–H groups in total. The highest BCUT2D eigenvalue weighted by Gasteiger charge is 2.18. The number of nitrogens with zero attached hydrogens (tertiary/aromatic N) is 2. The number of methoxy groups -OCH3 is 1. The summed E-state index contributed by atoms with van der Waals surface area (Å²) in [4.78, 5) is 22.3. The molecule has 0 bridgehead atoms. The largest absolute Gasteiger partial charge is 0.507 e. The molecule has 0 radical (unpaired) electrons. The number of benzene rings is 2. The Kier molecular flexibility index (Phi) is 5.62. The number of pyridine rings is 1. The van der Waals surface area contributed by atoms with E-state index in [1.54, 1.807) is 36.4 Å². The smallest absolute Gasteiger partial charge is 0.257 e. The molecule has 0 saturated carbocycles. The van der Waals surface area contributed by atoms with Crippen LogP contribution in [0.3, 0.4) is 0 Å². The number of ether oxygens (including phenoxy) is 1. The fourth-order valence-corrected chi connectivity index (χ4v) is 3.82. The Balaban J connectivity index is 1.81. The third-order valence-electron chi connectivity index (χ3n) is 5.54. The van der Waals surface area contributed by atoms with Gasteiger partial charge in [-0.25, -0.2) is 4.98 Å². The third kappa shape index (κ3) is 3.72. The Morgan fingerprint density at radius 2 is 1.84 bits per heavy atom. The second-order valence-electron chi connectivity index (χ2n) is 7.23. The number of hydrogen-bond acceptors (Lipinski definition) is 4. The number of H-pyrrole nitrogens is 1. The molecule has 158 valence electrons. The maximum absolute atomic E-state index is 12.8. The average molecular weight is 415 g/mol. The van der Waals surface area contributed by atoms with Crippen LogP contribution >= 0.6 is 0 Å². The van der Waals surface area contributed by atoms with E-state index in [9.17, 15) is 9.90 Å². The van der Waals surface area contributed by atoms with Crippen molar-refractivity contribution >= 4 is 16.9 Å². The summed E-state index contributed by atoms with van der Waals surface area (Å²) in [5.74, 6) is 0.575. The number of rotatable bonds is 6. The van der Waals surface area contributed by atoms with Crippen LogP contribution < -0.4 is 4.74 Å². The van der Waals surface area contributed by atoms with Gasteiger partial charge in [-0.1, -0.05) is 24.3 Å². The quantitative estimate of drug-likeness (QED) is 0.460. The van der Waals surface area contributed by atoms with Crippen molar-refractivity contribution in [1.29, 1.82) is 0 Å². The minimum Gasteiger partial charge on any atom is -0.507 e. The van der Waals surface area contributed by atoms with Gasteiger partial charge in [0.2, 0.25) is 0 Å². The fraction of sp³-hybridized carbons (Fsp3) is 0.200. The summed E-state index contributed by atoms with van der Waals surface area (Å²) < 4.78 is 5.53. The maximum Gasteiger partial charge on any atom is 0.257 e. The van der Waals surface area contributed by atoms with E-state index in [1.165, 1.54) is 0 Å². The zero-order valence-electron chi connectivity index (χ0n) is 17.8. The number of hydrogen-bond donors (Lipinski definition) is 2. The van der Waals surface area contributed by atoms with Gasteiger partial charge in [0.15, 0.2) is 0 Å². The number of phenols is 1. The lowest BCUT2D eigenvalue weighted by molar-refractivity contribution is 0.0770. The van der Waals surface area contributed by atoms with E-state index in [0.717, 1.165) is 39.0 Å². The number of carbonyl (C=O) groups excluding carboxylic acids is 1. The van der Waals surface area contributed by atoms with Gasteiger partial charge in [0.25, 0.3) is 5.91 Å². The highest BCUT2D eigenvalue weighted by Crippen LogP contribution is 2.36. The highest BCUT2D eigenvalue weighted by atomic mass is 16.5. The second kappa shape index (κ2) is 8.52. The SMILES string of the molecule is CCN(CC)C(=O)c1cc(-c2cnc3[nH]cc(-c4ccccc4OC)c3c2)ccc1O. The summed E-state index contributed by atoms with van der Waals surface area (Å²) in [7, 11) is 1.65. The first kappa shape index (κ1) is 20.5. The number of carbonyl (C=O) groups is 1. The van der Waals surface area contributed by atoms with Gasteiger partial charge in [-0.2, -0.15) is 0 Å². The van der Waals surface area contributed by atoms with Gasteiger partial charge in [0, 0.05) is 47.6 Å². The summed E-state index contributed by atoms with van der Waals surface area (Å²) in [6, 6.07) is 15.0. The average Bonchev–Trinajstić information content (AvgIpc) is 3.23. The monoisotopic (exact) mass is 415 g/mol. The lowest BCUT2D eigenvalue weighted by atomic mass is 10.00. The van der Waals surface area contributed by atoms with Crippen molar-refractivity contribution in [3.63, 3.8) is 0 Å². The summed E-state index contributed by atoms with van der Waals surface area (Å²) in [5, 5.41) is 11.3. The Labute approximate surface area is 181 Å². The van der Waals surface area contributed by atoms with Crippen molar-refractivity contribution in [2.24, 2.45) is 0 Å². The molecule has 2 aromatic carbocycles. The van der Waals surface area contributed by atoms with Crippen LogP contribution in [-0.2, 0) is 0 Å². The lowest BCUT2D eigenvalue weighted by Crippen LogP contribution is -2.30. The molecule has 2 heterocycles. The van der Waals surface area contributed by atoms with Crippen LogP contribution in [0.5, 0.6) is 11.5 Å². The Bertz CT molecular complexity index is 1240. The van der Waals surface area contributed by atoms with Crippen LogP contribution in [0, 0.1) is 0 Å². The zero-order chi connectivity index (χ0) is 22.0. The van der Waals surface area contributed by atoms with Crippen LogP contribution in [0.25, 0.3) is 33.3 Å². The number of para-hydroxylation sites is 1. The van der Waals surface area contributed by atoms with Gasteiger partial charge < -0.3 is 19.7 Å². The Morgan fingerprint density at radius 1 is 1.06 bits per heavy atom. The molecule has 6 nitrogen and oxygen atoms in total. The molecule has 0 fully saturated rings. The number of aromatic nitrogens is 2. The molecule has 0 atom stereocenters. The number of amides is 1. The number of phenolic OH excluding ortho intramolecular Hbond substituents is 1. The number of fused-ring (bicyclic) bond motifs is 1. The summed E-state index contributed by atoms with van der Waals surface area (Å²) in [6.45, 7) is 5.01. The number of aromatic hydroxyl groups is 1. The minimum absolute atomic E-state index is 0.0222. The molecule has 0 unspecified atom stereocenters. The van der Waals surface area contributed by atoms with Crippen molar-refractivity contribution in [2.75, 3.05) is 20.2 Å². The normalized spacial score (nSPS) is 10.9. The Hall–Kier alpha value is -3.80. The second-order valence-corrected chi connectivity index (χ2v) is 7.23. The van der Waals surface area contributed by atoms with E-state index >= 15 is 0 Å². The number of aromatic amines is 1. The van der Waals surface area contributed by atoms with E-state index < -0.39 is 0 Å². The van der Waals surface area contributed by atoms with Crippen LogP contribution in [0.4, 0.5) is 0 Å². The summed E-state index contributed by atoms with van der Waals surface area (Å²) in [5.41, 5.74) is 4.69. The van der Waals surface area contributed by atoms with Crippen LogP contribution in [0.2, 0.25) is 0 Å². The summed E-state index contributed by atoms with van der Waals surface area (Å²) >= 11 is 0. The van der Waals surface area contributed by atoms with Gasteiger partial charge in [0.1, 0.15) is 17.1 Å². The predicted octanol–water partition coefficient (Wildman–Crippen LogP) is 5.09. The molecule has 0 aliphatic carbocycles. The third-order valence-corrected chi connectivity index (χ3v) is 5.54. The molecule has 2 aromatic heterocycles. The molecule has 1 amide bonds. The fourth-order valence-electron chi connectivity index (χ4n) is 3.82. The van der Waals surface area contributed by atoms with Crippen molar-refractivity contribution in [1.82, 2.24) is 14.9 Å².